The second-order valence-corrected chi connectivity index (χ2v) is 6.53. The molecule has 0 aliphatic carbocycles. The SMILES string of the molecule is C[C@@H](Sc1nnc(N)s1)C(=O)c1ccc(OC(F)F)cc1. The number of alkyl halides is 2. The molecular weight excluding hydrogens is 320 g/mol. The highest BCUT2D eigenvalue weighted by atomic mass is 32.2. The monoisotopic (exact) mass is 331 g/mol. The Hall–Kier alpha value is -1.74. The van der Waals surface area contributed by atoms with Gasteiger partial charge in [0.2, 0.25) is 5.13 Å². The molecule has 0 unspecified atom stereocenters. The Balaban J connectivity index is 2.01. The summed E-state index contributed by atoms with van der Waals surface area (Å²) < 4.78 is 28.9. The van der Waals surface area contributed by atoms with Crippen LogP contribution in [0.25, 0.3) is 0 Å². The van der Waals surface area contributed by atoms with E-state index in [0.717, 1.165) is 0 Å². The first kappa shape index (κ1) is 15.6. The predicted octanol–water partition coefficient (Wildman–Crippen LogP) is 3.09. The number of benzene rings is 1. The molecule has 0 saturated heterocycles. The number of ether oxygens (including phenoxy) is 1. The minimum atomic E-state index is -2.89. The molecule has 2 rings (SSSR count). The van der Waals surface area contributed by atoms with Crippen LogP contribution in [0.1, 0.15) is 17.3 Å². The molecule has 1 aromatic carbocycles. The van der Waals surface area contributed by atoms with Crippen molar-refractivity contribution in [1.29, 1.82) is 0 Å². The van der Waals surface area contributed by atoms with Crippen molar-refractivity contribution >= 4 is 34.0 Å². The number of halogens is 2. The molecule has 1 heterocycles. The molecule has 0 fully saturated rings. The van der Waals surface area contributed by atoms with Crippen LogP contribution in [0, 0.1) is 0 Å². The van der Waals surface area contributed by atoms with E-state index in [1.165, 1.54) is 47.4 Å². The van der Waals surface area contributed by atoms with E-state index in [0.29, 0.717) is 15.0 Å². The van der Waals surface area contributed by atoms with Gasteiger partial charge in [0.1, 0.15) is 5.75 Å². The number of hydrogen-bond acceptors (Lipinski definition) is 7. The van der Waals surface area contributed by atoms with Crippen molar-refractivity contribution in [3.8, 4) is 5.75 Å². The van der Waals surface area contributed by atoms with Gasteiger partial charge in [-0.2, -0.15) is 8.78 Å². The zero-order valence-electron chi connectivity index (χ0n) is 10.8. The molecule has 5 nitrogen and oxygen atoms in total. The third kappa shape index (κ3) is 4.36. The molecule has 1 atom stereocenters. The van der Waals surface area contributed by atoms with Gasteiger partial charge in [-0.15, -0.1) is 10.2 Å². The highest BCUT2D eigenvalue weighted by Gasteiger charge is 2.18. The van der Waals surface area contributed by atoms with Crippen LogP contribution in [-0.2, 0) is 0 Å². The van der Waals surface area contributed by atoms with Crippen LogP contribution >= 0.6 is 23.1 Å². The number of nitrogens with two attached hydrogens (primary N) is 1. The van der Waals surface area contributed by atoms with Gasteiger partial charge < -0.3 is 10.5 Å². The number of nitrogens with zero attached hydrogens (tertiary/aromatic N) is 2. The van der Waals surface area contributed by atoms with E-state index in [9.17, 15) is 13.6 Å². The number of Topliss-reactive ketones (excluding diaryl/α,β-unsaturated/α-hetero) is 1. The number of hydrogen-bond donors (Lipinski definition) is 1. The van der Waals surface area contributed by atoms with Gasteiger partial charge in [0.05, 0.1) is 5.25 Å². The molecule has 9 heteroatoms. The van der Waals surface area contributed by atoms with Crippen molar-refractivity contribution in [2.75, 3.05) is 5.73 Å². The highest BCUT2D eigenvalue weighted by molar-refractivity contribution is 8.02. The Morgan fingerprint density at radius 2 is 2.00 bits per heavy atom. The largest absolute Gasteiger partial charge is 0.435 e. The molecule has 0 radical (unpaired) electrons. The number of ketones is 1. The first-order valence-electron chi connectivity index (χ1n) is 5.80. The molecule has 0 saturated carbocycles. The minimum absolute atomic E-state index is 0.0127. The molecule has 1 aromatic heterocycles. The van der Waals surface area contributed by atoms with Crippen molar-refractivity contribution in [2.24, 2.45) is 0 Å². The van der Waals surface area contributed by atoms with Crippen molar-refractivity contribution in [2.45, 2.75) is 23.1 Å². The molecule has 21 heavy (non-hydrogen) atoms. The zero-order chi connectivity index (χ0) is 15.4. The van der Waals surface area contributed by atoms with Gasteiger partial charge in [0.15, 0.2) is 10.1 Å². The lowest BCUT2D eigenvalue weighted by Gasteiger charge is -2.09. The average molecular weight is 331 g/mol. The molecule has 0 amide bonds. The fourth-order valence-electron chi connectivity index (χ4n) is 1.51. The third-order valence-electron chi connectivity index (χ3n) is 2.43. The van der Waals surface area contributed by atoms with Crippen LogP contribution in [0.5, 0.6) is 5.75 Å². The number of carbonyl (C=O) groups is 1. The Kier molecular flexibility index (Phi) is 5.07. The lowest BCUT2D eigenvalue weighted by atomic mass is 10.1. The summed E-state index contributed by atoms with van der Waals surface area (Å²) in [6, 6.07) is 5.57. The summed E-state index contributed by atoms with van der Waals surface area (Å²) in [5.41, 5.74) is 5.88. The fraction of sp³-hybridized carbons (Fsp3) is 0.250. The van der Waals surface area contributed by atoms with E-state index in [-0.39, 0.29) is 16.8 Å². The van der Waals surface area contributed by atoms with Crippen LogP contribution < -0.4 is 10.5 Å². The number of nitrogen functional groups attached to an aromatic ring is 1. The van der Waals surface area contributed by atoms with E-state index >= 15 is 0 Å². The quantitative estimate of drug-likeness (QED) is 0.647. The maximum absolute atomic E-state index is 12.2. The van der Waals surface area contributed by atoms with Crippen LogP contribution in [0.2, 0.25) is 0 Å². The summed E-state index contributed by atoms with van der Waals surface area (Å²) in [6.07, 6.45) is 0. The van der Waals surface area contributed by atoms with Crippen LogP contribution in [-0.4, -0.2) is 27.8 Å². The standard InChI is InChI=1S/C12H11F2N3O2S2/c1-6(20-12-17-16-11(15)21-12)9(18)7-2-4-8(5-3-7)19-10(13)14/h2-6,10H,1H3,(H2,15,16)/t6-/m1/s1. The summed E-state index contributed by atoms with van der Waals surface area (Å²) in [7, 11) is 0. The Morgan fingerprint density at radius 1 is 1.33 bits per heavy atom. The molecule has 112 valence electrons. The molecule has 2 N–H and O–H groups in total. The fourth-order valence-corrected chi connectivity index (χ4v) is 3.37. The Morgan fingerprint density at radius 3 is 2.52 bits per heavy atom. The van der Waals surface area contributed by atoms with Gasteiger partial charge in [-0.1, -0.05) is 23.1 Å². The number of rotatable bonds is 6. The van der Waals surface area contributed by atoms with Crippen LogP contribution in [0.4, 0.5) is 13.9 Å². The summed E-state index contributed by atoms with van der Waals surface area (Å²) in [6.45, 7) is -1.15. The molecule has 0 aliphatic rings. The normalized spacial score (nSPS) is 12.4. The van der Waals surface area contributed by atoms with Gasteiger partial charge >= 0.3 is 6.61 Å². The van der Waals surface area contributed by atoms with Gasteiger partial charge in [-0.05, 0) is 31.2 Å². The molecule has 0 spiro atoms. The summed E-state index contributed by atoms with van der Waals surface area (Å²) in [4.78, 5) is 12.2. The zero-order valence-corrected chi connectivity index (χ0v) is 12.5. The van der Waals surface area contributed by atoms with Crippen molar-refractivity contribution in [3.05, 3.63) is 29.8 Å². The number of carbonyl (C=O) groups excluding carboxylic acids is 1. The third-order valence-corrected chi connectivity index (χ3v) is 4.37. The van der Waals surface area contributed by atoms with E-state index in [4.69, 9.17) is 5.73 Å². The first-order valence-corrected chi connectivity index (χ1v) is 7.50. The van der Waals surface area contributed by atoms with Crippen molar-refractivity contribution in [3.63, 3.8) is 0 Å². The summed E-state index contributed by atoms with van der Waals surface area (Å²) >= 11 is 2.45. The molecule has 0 aliphatic heterocycles. The minimum Gasteiger partial charge on any atom is -0.435 e. The lowest BCUT2D eigenvalue weighted by Crippen LogP contribution is -2.13. The van der Waals surface area contributed by atoms with Gasteiger partial charge in [-0.3, -0.25) is 4.79 Å². The van der Waals surface area contributed by atoms with E-state index in [2.05, 4.69) is 14.9 Å². The summed E-state index contributed by atoms with van der Waals surface area (Å²) in [5, 5.41) is 7.45. The van der Waals surface area contributed by atoms with Gasteiger partial charge in [0.25, 0.3) is 0 Å². The summed E-state index contributed by atoms with van der Waals surface area (Å²) in [5.74, 6) is -0.129. The number of anilines is 1. The maximum atomic E-state index is 12.2. The van der Waals surface area contributed by atoms with Gasteiger partial charge in [-0.25, -0.2) is 0 Å². The number of aromatic nitrogens is 2. The predicted molar refractivity (Wildman–Crippen MR) is 77.0 cm³/mol. The highest BCUT2D eigenvalue weighted by Crippen LogP contribution is 2.29. The number of thioether (sulfide) groups is 1. The second-order valence-electron chi connectivity index (χ2n) is 3.93. The van der Waals surface area contributed by atoms with Crippen LogP contribution in [0.3, 0.4) is 0 Å². The Bertz CT molecular complexity index is 619. The van der Waals surface area contributed by atoms with Crippen molar-refractivity contribution in [1.82, 2.24) is 10.2 Å². The van der Waals surface area contributed by atoms with E-state index < -0.39 is 6.61 Å². The first-order chi connectivity index (χ1) is 9.95. The molecule has 2 aromatic rings. The lowest BCUT2D eigenvalue weighted by molar-refractivity contribution is -0.0498. The average Bonchev–Trinajstić information content (AvgIpc) is 2.83. The molecule has 0 bridgehead atoms. The second kappa shape index (κ2) is 6.81. The van der Waals surface area contributed by atoms with Gasteiger partial charge in [0, 0.05) is 5.56 Å². The topological polar surface area (TPSA) is 78.1 Å². The van der Waals surface area contributed by atoms with Crippen molar-refractivity contribution < 1.29 is 18.3 Å². The van der Waals surface area contributed by atoms with E-state index in [1.807, 2.05) is 0 Å². The Labute approximate surface area is 127 Å². The smallest absolute Gasteiger partial charge is 0.387 e. The maximum Gasteiger partial charge on any atom is 0.387 e. The van der Waals surface area contributed by atoms with Crippen LogP contribution in [0.15, 0.2) is 28.6 Å². The molecular formula is C12H11F2N3O2S2. The van der Waals surface area contributed by atoms with E-state index in [1.54, 1.807) is 6.92 Å².